The lowest BCUT2D eigenvalue weighted by Gasteiger charge is -2.22. The third-order valence-corrected chi connectivity index (χ3v) is 3.99. The number of benzene rings is 1. The van der Waals surface area contributed by atoms with Gasteiger partial charge in [-0.15, -0.1) is 0 Å². The molecule has 0 spiro atoms. The Morgan fingerprint density at radius 1 is 1.24 bits per heavy atom. The summed E-state index contributed by atoms with van der Waals surface area (Å²) >= 11 is 0. The molecule has 1 aliphatic heterocycles. The predicted molar refractivity (Wildman–Crippen MR) is 70.6 cm³/mol. The van der Waals surface area contributed by atoms with Crippen molar-refractivity contribution in [2.24, 2.45) is 5.92 Å². The number of ketones is 1. The van der Waals surface area contributed by atoms with Gasteiger partial charge in [-0.2, -0.15) is 0 Å². The molecule has 0 radical (unpaired) electrons. The number of hydrogen-bond acceptors (Lipinski definition) is 2. The number of hydrogen-bond donors (Lipinski definition) is 1. The summed E-state index contributed by atoms with van der Waals surface area (Å²) in [7, 11) is 0. The summed E-state index contributed by atoms with van der Waals surface area (Å²) in [6.45, 7) is 8.14. The summed E-state index contributed by atoms with van der Waals surface area (Å²) in [4.78, 5) is 12.4. The van der Waals surface area contributed by atoms with E-state index in [-0.39, 0.29) is 5.92 Å². The smallest absolute Gasteiger partial charge is 0.167 e. The molecule has 0 bridgehead atoms. The fraction of sp³-hybridized carbons (Fsp3) is 0.533. The minimum Gasteiger partial charge on any atom is -0.316 e. The maximum Gasteiger partial charge on any atom is 0.167 e. The predicted octanol–water partition coefficient (Wildman–Crippen LogP) is 2.79. The molecule has 0 aromatic heterocycles. The van der Waals surface area contributed by atoms with Crippen molar-refractivity contribution in [1.29, 1.82) is 0 Å². The Morgan fingerprint density at radius 3 is 2.65 bits per heavy atom. The maximum atomic E-state index is 12.4. The van der Waals surface area contributed by atoms with Crippen LogP contribution in [-0.4, -0.2) is 18.9 Å². The summed E-state index contributed by atoms with van der Waals surface area (Å²) in [5, 5.41) is 3.31. The van der Waals surface area contributed by atoms with E-state index in [1.807, 2.05) is 6.07 Å². The molecular formula is C15H21NO. The van der Waals surface area contributed by atoms with Gasteiger partial charge < -0.3 is 5.32 Å². The van der Waals surface area contributed by atoms with Gasteiger partial charge in [0.25, 0.3) is 0 Å². The first-order valence-corrected chi connectivity index (χ1v) is 6.43. The van der Waals surface area contributed by atoms with Gasteiger partial charge in [0, 0.05) is 18.0 Å². The van der Waals surface area contributed by atoms with E-state index in [2.05, 4.69) is 32.2 Å². The highest BCUT2D eigenvalue weighted by molar-refractivity contribution is 5.99. The molecule has 0 aliphatic carbocycles. The quantitative estimate of drug-likeness (QED) is 0.793. The fourth-order valence-corrected chi connectivity index (χ4v) is 2.52. The summed E-state index contributed by atoms with van der Waals surface area (Å²) in [6, 6.07) is 4.06. The zero-order chi connectivity index (χ0) is 12.4. The van der Waals surface area contributed by atoms with Crippen LogP contribution in [0.25, 0.3) is 0 Å². The molecule has 2 nitrogen and oxygen atoms in total. The van der Waals surface area contributed by atoms with Gasteiger partial charge in [0.1, 0.15) is 0 Å². The van der Waals surface area contributed by atoms with Crippen LogP contribution in [0.2, 0.25) is 0 Å². The van der Waals surface area contributed by atoms with Gasteiger partial charge in [0.15, 0.2) is 5.78 Å². The van der Waals surface area contributed by atoms with Crippen molar-refractivity contribution in [2.45, 2.75) is 33.6 Å². The Hall–Kier alpha value is -1.15. The lowest BCUT2D eigenvalue weighted by molar-refractivity contribution is 0.0899. The Bertz CT molecular complexity index is 431. The molecule has 1 aromatic rings. The van der Waals surface area contributed by atoms with Crippen molar-refractivity contribution in [3.05, 3.63) is 34.4 Å². The lowest BCUT2D eigenvalue weighted by Crippen LogP contribution is -2.34. The monoisotopic (exact) mass is 231 g/mol. The molecule has 1 heterocycles. The SMILES string of the molecule is Cc1ccc(C(=O)C2CCCNC2)c(C)c1C. The largest absolute Gasteiger partial charge is 0.316 e. The summed E-state index contributed by atoms with van der Waals surface area (Å²) in [5.41, 5.74) is 4.59. The third-order valence-electron chi connectivity index (χ3n) is 3.99. The highest BCUT2D eigenvalue weighted by atomic mass is 16.1. The highest BCUT2D eigenvalue weighted by Crippen LogP contribution is 2.22. The van der Waals surface area contributed by atoms with E-state index in [1.165, 1.54) is 11.1 Å². The first kappa shape index (κ1) is 12.3. The standard InChI is InChI=1S/C15H21NO/c1-10-6-7-14(12(3)11(10)2)15(17)13-5-4-8-16-9-13/h6-7,13,16H,4-5,8-9H2,1-3H3. The molecule has 1 N–H and O–H groups in total. The van der Waals surface area contributed by atoms with Crippen molar-refractivity contribution < 1.29 is 4.79 Å². The number of carbonyl (C=O) groups is 1. The number of aryl methyl sites for hydroxylation is 1. The normalized spacial score (nSPS) is 20.3. The van der Waals surface area contributed by atoms with Crippen LogP contribution in [0.4, 0.5) is 0 Å². The van der Waals surface area contributed by atoms with Crippen molar-refractivity contribution in [3.63, 3.8) is 0 Å². The highest BCUT2D eigenvalue weighted by Gasteiger charge is 2.23. The van der Waals surface area contributed by atoms with E-state index in [0.29, 0.717) is 5.78 Å². The first-order chi connectivity index (χ1) is 8.11. The molecule has 2 heteroatoms. The van der Waals surface area contributed by atoms with Gasteiger partial charge >= 0.3 is 0 Å². The van der Waals surface area contributed by atoms with Crippen LogP contribution in [0.5, 0.6) is 0 Å². The minimum atomic E-state index is 0.171. The van der Waals surface area contributed by atoms with Gasteiger partial charge in [0.2, 0.25) is 0 Å². The molecule has 1 aromatic carbocycles. The van der Waals surface area contributed by atoms with Crippen molar-refractivity contribution in [3.8, 4) is 0 Å². The molecule has 1 saturated heterocycles. The average molecular weight is 231 g/mol. The third kappa shape index (κ3) is 2.42. The summed E-state index contributed by atoms with van der Waals surface area (Å²) in [5.74, 6) is 0.488. The Labute approximate surface area is 103 Å². The second-order valence-electron chi connectivity index (χ2n) is 5.09. The second kappa shape index (κ2) is 5.01. The van der Waals surface area contributed by atoms with Gasteiger partial charge in [-0.3, -0.25) is 4.79 Å². The van der Waals surface area contributed by atoms with Gasteiger partial charge in [-0.25, -0.2) is 0 Å². The molecule has 1 unspecified atom stereocenters. The minimum absolute atomic E-state index is 0.171. The number of Topliss-reactive ketones (excluding diaryl/α,β-unsaturated/α-hetero) is 1. The average Bonchev–Trinajstić information content (AvgIpc) is 2.36. The van der Waals surface area contributed by atoms with E-state index in [4.69, 9.17) is 0 Å². The zero-order valence-corrected chi connectivity index (χ0v) is 11.0. The summed E-state index contributed by atoms with van der Waals surface area (Å²) < 4.78 is 0. The van der Waals surface area contributed by atoms with Crippen LogP contribution in [0.15, 0.2) is 12.1 Å². The van der Waals surface area contributed by atoms with Crippen LogP contribution in [-0.2, 0) is 0 Å². The summed E-state index contributed by atoms with van der Waals surface area (Å²) in [6.07, 6.45) is 2.14. The van der Waals surface area contributed by atoms with Crippen LogP contribution >= 0.6 is 0 Å². The van der Waals surface area contributed by atoms with E-state index >= 15 is 0 Å². The molecule has 17 heavy (non-hydrogen) atoms. The first-order valence-electron chi connectivity index (χ1n) is 6.43. The van der Waals surface area contributed by atoms with Crippen molar-refractivity contribution in [1.82, 2.24) is 5.32 Å². The molecule has 0 saturated carbocycles. The van der Waals surface area contributed by atoms with Gasteiger partial charge in [-0.1, -0.05) is 12.1 Å². The van der Waals surface area contributed by atoms with Crippen molar-refractivity contribution in [2.75, 3.05) is 13.1 Å². The fourth-order valence-electron chi connectivity index (χ4n) is 2.52. The number of piperidine rings is 1. The van der Waals surface area contributed by atoms with Gasteiger partial charge in [-0.05, 0) is 56.8 Å². The van der Waals surface area contributed by atoms with Crippen molar-refractivity contribution >= 4 is 5.78 Å². The number of carbonyl (C=O) groups excluding carboxylic acids is 1. The number of nitrogens with one attached hydrogen (secondary N) is 1. The Morgan fingerprint density at radius 2 is 2.00 bits per heavy atom. The lowest BCUT2D eigenvalue weighted by atomic mass is 9.87. The van der Waals surface area contributed by atoms with Crippen LogP contribution in [0, 0.1) is 26.7 Å². The van der Waals surface area contributed by atoms with Gasteiger partial charge in [0.05, 0.1) is 0 Å². The van der Waals surface area contributed by atoms with E-state index in [1.54, 1.807) is 0 Å². The molecule has 92 valence electrons. The molecule has 1 atom stereocenters. The van der Waals surface area contributed by atoms with E-state index in [0.717, 1.165) is 37.1 Å². The van der Waals surface area contributed by atoms with Crippen LogP contribution in [0.3, 0.4) is 0 Å². The Kier molecular flexibility index (Phi) is 3.63. The molecule has 1 aliphatic rings. The Balaban J connectivity index is 2.27. The molecule has 1 fully saturated rings. The maximum absolute atomic E-state index is 12.4. The second-order valence-corrected chi connectivity index (χ2v) is 5.09. The number of rotatable bonds is 2. The zero-order valence-electron chi connectivity index (χ0n) is 11.0. The van der Waals surface area contributed by atoms with Crippen LogP contribution in [0.1, 0.15) is 39.9 Å². The molecule has 0 amide bonds. The molecular weight excluding hydrogens is 210 g/mol. The topological polar surface area (TPSA) is 29.1 Å². The van der Waals surface area contributed by atoms with Crippen LogP contribution < -0.4 is 5.32 Å². The van der Waals surface area contributed by atoms with E-state index < -0.39 is 0 Å². The molecule has 2 rings (SSSR count). The van der Waals surface area contributed by atoms with E-state index in [9.17, 15) is 4.79 Å².